The molecule has 3 rings (SSSR count). The molecule has 2 aromatic carbocycles. The van der Waals surface area contributed by atoms with Crippen molar-refractivity contribution in [2.75, 3.05) is 19.0 Å². The van der Waals surface area contributed by atoms with Gasteiger partial charge in [0.05, 0.1) is 13.7 Å². The second kappa shape index (κ2) is 10.7. The van der Waals surface area contributed by atoms with Crippen molar-refractivity contribution in [1.82, 2.24) is 10.6 Å². The van der Waals surface area contributed by atoms with Crippen LogP contribution in [-0.4, -0.2) is 31.5 Å². The number of hydrogen-bond donors (Lipinski definition) is 3. The minimum absolute atomic E-state index is 0.0196. The predicted molar refractivity (Wildman–Crippen MR) is 119 cm³/mol. The van der Waals surface area contributed by atoms with E-state index in [2.05, 4.69) is 16.0 Å². The Bertz CT molecular complexity index is 858. The number of carbonyl (C=O) groups is 2. The molecule has 3 N–H and O–H groups in total. The standard InChI is InChI=1S/C24H31N3O3/c1-17-14-19(24(29)27-20-6-4-3-5-7-20)10-13-22(17)25-16-23(28)26-15-18-8-11-21(30-2)12-9-18/h8-14,20,25H,3-7,15-16H2,1-2H3,(H,26,28)(H,27,29). The number of carbonyl (C=O) groups excluding carboxylic acids is 2. The Morgan fingerprint density at radius 3 is 2.43 bits per heavy atom. The van der Waals surface area contributed by atoms with Crippen molar-refractivity contribution in [3.05, 3.63) is 59.2 Å². The maximum absolute atomic E-state index is 12.5. The van der Waals surface area contributed by atoms with E-state index in [9.17, 15) is 9.59 Å². The molecule has 0 heterocycles. The van der Waals surface area contributed by atoms with Crippen LogP contribution in [0.3, 0.4) is 0 Å². The van der Waals surface area contributed by atoms with Crippen LogP contribution < -0.4 is 20.7 Å². The molecule has 0 atom stereocenters. The van der Waals surface area contributed by atoms with E-state index in [4.69, 9.17) is 4.74 Å². The Labute approximate surface area is 178 Å². The minimum atomic E-state index is -0.0932. The number of aryl methyl sites for hydroxylation is 1. The van der Waals surface area contributed by atoms with Crippen molar-refractivity contribution < 1.29 is 14.3 Å². The first kappa shape index (κ1) is 21.7. The molecule has 1 saturated carbocycles. The fourth-order valence-electron chi connectivity index (χ4n) is 3.70. The summed E-state index contributed by atoms with van der Waals surface area (Å²) in [5.74, 6) is 0.677. The van der Waals surface area contributed by atoms with Crippen molar-refractivity contribution in [1.29, 1.82) is 0 Å². The van der Waals surface area contributed by atoms with E-state index in [1.165, 1.54) is 19.3 Å². The van der Waals surface area contributed by atoms with Gasteiger partial charge in [-0.2, -0.15) is 0 Å². The van der Waals surface area contributed by atoms with Crippen molar-refractivity contribution in [2.45, 2.75) is 51.6 Å². The molecule has 1 aliphatic carbocycles. The molecule has 160 valence electrons. The lowest BCUT2D eigenvalue weighted by Crippen LogP contribution is -2.36. The van der Waals surface area contributed by atoms with E-state index in [1.54, 1.807) is 7.11 Å². The van der Waals surface area contributed by atoms with Gasteiger partial charge in [-0.05, 0) is 61.2 Å². The first-order chi connectivity index (χ1) is 14.5. The predicted octanol–water partition coefficient (Wildman–Crippen LogP) is 3.79. The van der Waals surface area contributed by atoms with Crippen LogP contribution >= 0.6 is 0 Å². The molecular formula is C24H31N3O3. The molecule has 0 bridgehead atoms. The van der Waals surface area contributed by atoms with Crippen LogP contribution in [0.1, 0.15) is 53.6 Å². The summed E-state index contributed by atoms with van der Waals surface area (Å²) in [5.41, 5.74) is 3.46. The van der Waals surface area contributed by atoms with E-state index in [0.717, 1.165) is 35.4 Å². The Morgan fingerprint density at radius 2 is 1.77 bits per heavy atom. The van der Waals surface area contributed by atoms with E-state index in [0.29, 0.717) is 18.2 Å². The third kappa shape index (κ3) is 6.24. The lowest BCUT2D eigenvalue weighted by molar-refractivity contribution is -0.119. The molecule has 0 unspecified atom stereocenters. The quantitative estimate of drug-likeness (QED) is 0.620. The van der Waals surface area contributed by atoms with E-state index in [1.807, 2.05) is 49.4 Å². The van der Waals surface area contributed by atoms with Gasteiger partial charge in [-0.1, -0.05) is 31.4 Å². The van der Waals surface area contributed by atoms with E-state index in [-0.39, 0.29) is 18.4 Å². The highest BCUT2D eigenvalue weighted by molar-refractivity contribution is 5.95. The van der Waals surface area contributed by atoms with Gasteiger partial charge in [0.15, 0.2) is 0 Å². The van der Waals surface area contributed by atoms with Crippen LogP contribution in [0, 0.1) is 6.92 Å². The monoisotopic (exact) mass is 409 g/mol. The smallest absolute Gasteiger partial charge is 0.251 e. The molecular weight excluding hydrogens is 378 g/mol. The molecule has 1 aliphatic rings. The summed E-state index contributed by atoms with van der Waals surface area (Å²) in [5, 5.41) is 9.19. The van der Waals surface area contributed by atoms with Crippen LogP contribution in [0.25, 0.3) is 0 Å². The van der Waals surface area contributed by atoms with Crippen molar-refractivity contribution in [3.8, 4) is 5.75 Å². The maximum Gasteiger partial charge on any atom is 0.251 e. The van der Waals surface area contributed by atoms with Gasteiger partial charge in [0.1, 0.15) is 5.75 Å². The molecule has 0 radical (unpaired) electrons. The van der Waals surface area contributed by atoms with Crippen molar-refractivity contribution in [3.63, 3.8) is 0 Å². The molecule has 2 aromatic rings. The number of ether oxygens (including phenoxy) is 1. The van der Waals surface area contributed by atoms with Crippen molar-refractivity contribution >= 4 is 17.5 Å². The number of amides is 2. The molecule has 6 heteroatoms. The van der Waals surface area contributed by atoms with Gasteiger partial charge in [-0.3, -0.25) is 9.59 Å². The molecule has 0 aliphatic heterocycles. The average molecular weight is 410 g/mol. The Morgan fingerprint density at radius 1 is 1.03 bits per heavy atom. The Kier molecular flexibility index (Phi) is 7.71. The van der Waals surface area contributed by atoms with Gasteiger partial charge in [0.2, 0.25) is 5.91 Å². The van der Waals surface area contributed by atoms with Gasteiger partial charge in [-0.15, -0.1) is 0 Å². The lowest BCUT2D eigenvalue weighted by atomic mass is 9.95. The number of anilines is 1. The van der Waals surface area contributed by atoms with E-state index < -0.39 is 0 Å². The van der Waals surface area contributed by atoms with Crippen LogP contribution in [0.4, 0.5) is 5.69 Å². The summed E-state index contributed by atoms with van der Waals surface area (Å²) in [6.45, 7) is 2.57. The molecule has 0 aromatic heterocycles. The highest BCUT2D eigenvalue weighted by Gasteiger charge is 2.17. The molecule has 0 saturated heterocycles. The lowest BCUT2D eigenvalue weighted by Gasteiger charge is -2.23. The summed E-state index contributed by atoms with van der Waals surface area (Å²) in [6, 6.07) is 13.4. The first-order valence-electron chi connectivity index (χ1n) is 10.6. The summed E-state index contributed by atoms with van der Waals surface area (Å²) in [7, 11) is 1.63. The minimum Gasteiger partial charge on any atom is -0.497 e. The summed E-state index contributed by atoms with van der Waals surface area (Å²) < 4.78 is 5.13. The zero-order chi connectivity index (χ0) is 21.3. The van der Waals surface area contributed by atoms with Gasteiger partial charge < -0.3 is 20.7 Å². The number of rotatable bonds is 8. The Balaban J connectivity index is 1.46. The molecule has 1 fully saturated rings. The maximum atomic E-state index is 12.5. The van der Waals surface area contributed by atoms with Gasteiger partial charge in [0, 0.05) is 23.8 Å². The zero-order valence-electron chi connectivity index (χ0n) is 17.8. The topological polar surface area (TPSA) is 79.5 Å². The number of nitrogens with one attached hydrogen (secondary N) is 3. The highest BCUT2D eigenvalue weighted by Crippen LogP contribution is 2.20. The van der Waals surface area contributed by atoms with Crippen LogP contribution in [0.5, 0.6) is 5.75 Å². The highest BCUT2D eigenvalue weighted by atomic mass is 16.5. The molecule has 0 spiro atoms. The fourth-order valence-corrected chi connectivity index (χ4v) is 3.70. The summed E-state index contributed by atoms with van der Waals surface area (Å²) in [4.78, 5) is 24.7. The van der Waals surface area contributed by atoms with Crippen LogP contribution in [0.15, 0.2) is 42.5 Å². The number of benzene rings is 2. The van der Waals surface area contributed by atoms with Gasteiger partial charge >= 0.3 is 0 Å². The third-order valence-corrected chi connectivity index (χ3v) is 5.52. The van der Waals surface area contributed by atoms with Crippen LogP contribution in [0.2, 0.25) is 0 Å². The average Bonchev–Trinajstić information content (AvgIpc) is 2.77. The van der Waals surface area contributed by atoms with Gasteiger partial charge in [0.25, 0.3) is 5.91 Å². The fraction of sp³-hybridized carbons (Fsp3) is 0.417. The SMILES string of the molecule is COc1ccc(CNC(=O)CNc2ccc(C(=O)NC3CCCCC3)cc2C)cc1. The van der Waals surface area contributed by atoms with Crippen LogP contribution in [-0.2, 0) is 11.3 Å². The summed E-state index contributed by atoms with van der Waals surface area (Å²) in [6.07, 6.45) is 5.77. The molecule has 30 heavy (non-hydrogen) atoms. The normalized spacial score (nSPS) is 14.1. The largest absolute Gasteiger partial charge is 0.497 e. The molecule has 6 nitrogen and oxygen atoms in total. The molecule has 2 amide bonds. The zero-order valence-corrected chi connectivity index (χ0v) is 17.8. The Hall–Kier alpha value is -3.02. The third-order valence-electron chi connectivity index (χ3n) is 5.52. The summed E-state index contributed by atoms with van der Waals surface area (Å²) >= 11 is 0. The number of methoxy groups -OCH3 is 1. The first-order valence-corrected chi connectivity index (χ1v) is 10.6. The second-order valence-corrected chi connectivity index (χ2v) is 7.82. The second-order valence-electron chi connectivity index (χ2n) is 7.82. The van der Waals surface area contributed by atoms with Crippen molar-refractivity contribution in [2.24, 2.45) is 0 Å². The van der Waals surface area contributed by atoms with Gasteiger partial charge in [-0.25, -0.2) is 0 Å². The number of hydrogen-bond acceptors (Lipinski definition) is 4. The van der Waals surface area contributed by atoms with E-state index >= 15 is 0 Å².